The smallest absolute Gasteiger partial charge is 0.262 e. The maximum absolute atomic E-state index is 5.62. The topological polar surface area (TPSA) is 27.3 Å². The van der Waals surface area contributed by atoms with Crippen LogP contribution in [0, 0.1) is 6.92 Å². The molecule has 140 valence electrons. The number of hydrogen-bond acceptors (Lipinski definition) is 2. The van der Waals surface area contributed by atoms with E-state index in [2.05, 4.69) is 58.7 Å². The summed E-state index contributed by atoms with van der Waals surface area (Å²) in [6.07, 6.45) is 7.19. The summed E-state index contributed by atoms with van der Waals surface area (Å²) in [6, 6.07) is 15.1. The van der Waals surface area contributed by atoms with Gasteiger partial charge < -0.3 is 26.5 Å². The monoisotopic (exact) mass is 426 g/mol. The lowest BCUT2D eigenvalue weighted by molar-refractivity contribution is -0.702. The Hall–Kier alpha value is -2.27. The molecule has 0 radical (unpaired) electrons. The molecule has 0 fully saturated rings. The van der Waals surface area contributed by atoms with Crippen LogP contribution in [-0.4, -0.2) is 11.4 Å². The molecular formula is C22H23BrN2O2. The van der Waals surface area contributed by atoms with Gasteiger partial charge in [-0.2, -0.15) is 4.57 Å². The number of fused-ring (bicyclic) bond motifs is 2. The lowest BCUT2D eigenvalue weighted by Gasteiger charge is -2.07. The molecule has 0 unspecified atom stereocenters. The maximum atomic E-state index is 5.62. The molecule has 5 rings (SSSR count). The van der Waals surface area contributed by atoms with Crippen molar-refractivity contribution >= 4 is 0 Å². The molecule has 3 aromatic rings. The fraction of sp³-hybridized carbons (Fsp3) is 0.318. The number of imidazole rings is 1. The maximum Gasteiger partial charge on any atom is 0.262 e. The third-order valence-corrected chi connectivity index (χ3v) is 5.37. The number of nitrogens with zero attached hydrogens (tertiary/aromatic N) is 2. The fourth-order valence-corrected chi connectivity index (χ4v) is 3.98. The number of aromatic nitrogens is 2. The molecule has 4 nitrogen and oxygen atoms in total. The molecule has 0 amide bonds. The van der Waals surface area contributed by atoms with E-state index in [1.807, 2.05) is 6.07 Å². The van der Waals surface area contributed by atoms with Crippen LogP contribution in [0.25, 0.3) is 16.9 Å². The molecule has 0 spiro atoms. The normalized spacial score (nSPS) is 15.0. The molecule has 27 heavy (non-hydrogen) atoms. The quantitative estimate of drug-likeness (QED) is 0.575. The van der Waals surface area contributed by atoms with Crippen molar-refractivity contribution in [1.82, 2.24) is 4.57 Å². The Balaban J connectivity index is 0.00000180. The zero-order valence-corrected chi connectivity index (χ0v) is 17.0. The van der Waals surface area contributed by atoms with Gasteiger partial charge in [-0.15, -0.1) is 0 Å². The highest BCUT2D eigenvalue weighted by molar-refractivity contribution is 5.63. The predicted octanol–water partition coefficient (Wildman–Crippen LogP) is 1.20. The zero-order valence-electron chi connectivity index (χ0n) is 15.5. The van der Waals surface area contributed by atoms with E-state index in [-0.39, 0.29) is 17.0 Å². The van der Waals surface area contributed by atoms with Crippen molar-refractivity contribution in [2.75, 3.05) is 6.79 Å². The van der Waals surface area contributed by atoms with E-state index in [9.17, 15) is 0 Å². The van der Waals surface area contributed by atoms with Crippen LogP contribution >= 0.6 is 0 Å². The zero-order chi connectivity index (χ0) is 17.5. The number of ether oxygens (including phenoxy) is 2. The highest BCUT2D eigenvalue weighted by Gasteiger charge is 2.28. The average Bonchev–Trinajstić information content (AvgIpc) is 3.20. The van der Waals surface area contributed by atoms with Gasteiger partial charge in [0.05, 0.1) is 6.54 Å². The Bertz CT molecular complexity index is 963. The van der Waals surface area contributed by atoms with Gasteiger partial charge in [-0.25, -0.2) is 4.57 Å². The Labute approximate surface area is 170 Å². The summed E-state index contributed by atoms with van der Waals surface area (Å²) in [7, 11) is 0. The lowest BCUT2D eigenvalue weighted by Crippen LogP contribution is -3.00. The highest BCUT2D eigenvalue weighted by Crippen LogP contribution is 2.35. The van der Waals surface area contributed by atoms with E-state index < -0.39 is 0 Å². The molecule has 3 heterocycles. The van der Waals surface area contributed by atoms with Gasteiger partial charge in [-0.05, 0) is 38.3 Å². The van der Waals surface area contributed by atoms with E-state index in [0.29, 0.717) is 6.79 Å². The third kappa shape index (κ3) is 3.25. The first-order chi connectivity index (χ1) is 12.8. The second kappa shape index (κ2) is 7.39. The largest absolute Gasteiger partial charge is 1.00 e. The van der Waals surface area contributed by atoms with Crippen LogP contribution in [0.2, 0.25) is 0 Å². The van der Waals surface area contributed by atoms with Gasteiger partial charge in [-0.1, -0.05) is 29.8 Å². The first-order valence-corrected chi connectivity index (χ1v) is 9.41. The minimum atomic E-state index is 0. The number of rotatable bonds is 2. The summed E-state index contributed by atoms with van der Waals surface area (Å²) in [5.74, 6) is 3.03. The molecular weight excluding hydrogens is 404 g/mol. The Morgan fingerprint density at radius 1 is 0.926 bits per heavy atom. The molecule has 2 aromatic carbocycles. The van der Waals surface area contributed by atoms with Crippen molar-refractivity contribution in [1.29, 1.82) is 0 Å². The van der Waals surface area contributed by atoms with Gasteiger partial charge in [-0.3, -0.25) is 0 Å². The van der Waals surface area contributed by atoms with Crippen molar-refractivity contribution in [3.8, 4) is 28.4 Å². The number of halogens is 1. The van der Waals surface area contributed by atoms with Gasteiger partial charge in [0.25, 0.3) is 5.82 Å². The molecule has 0 bridgehead atoms. The van der Waals surface area contributed by atoms with Crippen LogP contribution in [0.5, 0.6) is 11.5 Å². The minimum Gasteiger partial charge on any atom is -1.00 e. The lowest BCUT2D eigenvalue weighted by atomic mass is 10.1. The van der Waals surface area contributed by atoms with Gasteiger partial charge in [0, 0.05) is 18.1 Å². The van der Waals surface area contributed by atoms with Gasteiger partial charge in [0.15, 0.2) is 17.2 Å². The highest BCUT2D eigenvalue weighted by atomic mass is 79.9. The van der Waals surface area contributed by atoms with E-state index in [0.717, 1.165) is 30.2 Å². The second-order valence-electron chi connectivity index (χ2n) is 7.17. The van der Waals surface area contributed by atoms with Crippen LogP contribution in [0.4, 0.5) is 0 Å². The standard InChI is InChI=1S/C22H23N2O2.BrH/c1-16-6-8-17(9-7-16)19-14-23-12-4-2-3-5-22(23)24(19)18-10-11-20-21(13-18)26-15-25-20;/h6-11,13-14H,2-5,12,15H2,1H3;1H/q+1;/p-1. The minimum absolute atomic E-state index is 0. The molecule has 0 saturated heterocycles. The molecule has 1 aromatic heterocycles. The summed E-state index contributed by atoms with van der Waals surface area (Å²) < 4.78 is 16.0. The average molecular weight is 427 g/mol. The summed E-state index contributed by atoms with van der Waals surface area (Å²) in [6.45, 7) is 3.53. The van der Waals surface area contributed by atoms with Crippen LogP contribution in [-0.2, 0) is 13.0 Å². The van der Waals surface area contributed by atoms with Crippen molar-refractivity contribution in [3.05, 3.63) is 60.0 Å². The van der Waals surface area contributed by atoms with Crippen molar-refractivity contribution in [2.24, 2.45) is 0 Å². The Kier molecular flexibility index (Phi) is 4.96. The van der Waals surface area contributed by atoms with Crippen LogP contribution < -0.4 is 31.0 Å². The predicted molar refractivity (Wildman–Crippen MR) is 99.8 cm³/mol. The van der Waals surface area contributed by atoms with Gasteiger partial charge in [0.2, 0.25) is 6.79 Å². The fourth-order valence-electron chi connectivity index (χ4n) is 3.98. The van der Waals surface area contributed by atoms with Crippen molar-refractivity contribution in [3.63, 3.8) is 0 Å². The number of aryl methyl sites for hydroxylation is 2. The molecule has 2 aliphatic heterocycles. The Morgan fingerprint density at radius 2 is 1.74 bits per heavy atom. The number of hydrogen-bond donors (Lipinski definition) is 0. The molecule has 0 N–H and O–H groups in total. The second-order valence-corrected chi connectivity index (χ2v) is 7.17. The van der Waals surface area contributed by atoms with E-state index in [1.165, 1.54) is 41.9 Å². The third-order valence-electron chi connectivity index (χ3n) is 5.37. The van der Waals surface area contributed by atoms with Crippen LogP contribution in [0.3, 0.4) is 0 Å². The molecule has 2 aliphatic rings. The van der Waals surface area contributed by atoms with E-state index in [4.69, 9.17) is 9.47 Å². The van der Waals surface area contributed by atoms with Crippen molar-refractivity contribution < 1.29 is 31.0 Å². The van der Waals surface area contributed by atoms with E-state index in [1.54, 1.807) is 0 Å². The van der Waals surface area contributed by atoms with Gasteiger partial charge in [0.1, 0.15) is 11.9 Å². The van der Waals surface area contributed by atoms with E-state index >= 15 is 0 Å². The van der Waals surface area contributed by atoms with Crippen LogP contribution in [0.15, 0.2) is 48.7 Å². The summed E-state index contributed by atoms with van der Waals surface area (Å²) in [4.78, 5) is 0. The SMILES string of the molecule is Cc1ccc(-c2c[n+]3c(n2-c2ccc4c(c2)OCO4)CCCCC3)cc1.[Br-]. The molecule has 5 heteroatoms. The van der Waals surface area contributed by atoms with Crippen LogP contribution in [0.1, 0.15) is 30.7 Å². The summed E-state index contributed by atoms with van der Waals surface area (Å²) in [5, 5.41) is 0. The first-order valence-electron chi connectivity index (χ1n) is 9.41. The van der Waals surface area contributed by atoms with Gasteiger partial charge >= 0.3 is 0 Å². The number of benzene rings is 2. The summed E-state index contributed by atoms with van der Waals surface area (Å²) in [5.41, 5.74) is 4.90. The molecule has 0 aliphatic carbocycles. The first kappa shape index (κ1) is 18.1. The van der Waals surface area contributed by atoms with Crippen molar-refractivity contribution in [2.45, 2.75) is 39.2 Å². The molecule has 0 saturated carbocycles. The Morgan fingerprint density at radius 3 is 2.59 bits per heavy atom. The molecule has 0 atom stereocenters. The summed E-state index contributed by atoms with van der Waals surface area (Å²) >= 11 is 0.